The van der Waals surface area contributed by atoms with Gasteiger partial charge >= 0.3 is 0 Å². The van der Waals surface area contributed by atoms with Crippen molar-refractivity contribution in [1.82, 2.24) is 0 Å². The van der Waals surface area contributed by atoms with Crippen LogP contribution in [-0.2, 0) is 9.53 Å². The highest BCUT2D eigenvalue weighted by molar-refractivity contribution is 7.99. The largest absolute Gasteiger partial charge is 0.397 e. The van der Waals surface area contributed by atoms with Crippen LogP contribution in [0.15, 0.2) is 24.3 Å². The van der Waals surface area contributed by atoms with Crippen LogP contribution >= 0.6 is 11.8 Å². The fourth-order valence-electron chi connectivity index (χ4n) is 1.40. The van der Waals surface area contributed by atoms with Gasteiger partial charge in [0.05, 0.1) is 11.4 Å². The molecule has 0 atom stereocenters. The fraction of sp³-hybridized carbons (Fsp3) is 0.462. The number of rotatable bonds is 8. The number of carbonyl (C=O) groups excluding carboxylic acids is 1. The van der Waals surface area contributed by atoms with Crippen molar-refractivity contribution in [2.24, 2.45) is 0 Å². The van der Waals surface area contributed by atoms with E-state index in [4.69, 9.17) is 10.5 Å². The summed E-state index contributed by atoms with van der Waals surface area (Å²) in [7, 11) is 1.70. The van der Waals surface area contributed by atoms with E-state index in [0.717, 1.165) is 24.5 Å². The number of ether oxygens (including phenoxy) is 1. The van der Waals surface area contributed by atoms with Crippen molar-refractivity contribution in [3.63, 3.8) is 0 Å². The van der Waals surface area contributed by atoms with Gasteiger partial charge in [0.2, 0.25) is 5.91 Å². The Morgan fingerprint density at radius 2 is 2.17 bits per heavy atom. The van der Waals surface area contributed by atoms with Gasteiger partial charge < -0.3 is 15.8 Å². The predicted molar refractivity (Wildman–Crippen MR) is 77.9 cm³/mol. The first kappa shape index (κ1) is 14.9. The van der Waals surface area contributed by atoms with Crippen molar-refractivity contribution >= 4 is 29.0 Å². The van der Waals surface area contributed by atoms with Gasteiger partial charge in [-0.25, -0.2) is 0 Å². The Morgan fingerprint density at radius 3 is 2.89 bits per heavy atom. The van der Waals surface area contributed by atoms with E-state index in [9.17, 15) is 4.79 Å². The summed E-state index contributed by atoms with van der Waals surface area (Å²) in [6, 6.07) is 7.27. The molecule has 18 heavy (non-hydrogen) atoms. The van der Waals surface area contributed by atoms with Gasteiger partial charge in [-0.2, -0.15) is 11.8 Å². The van der Waals surface area contributed by atoms with Crippen LogP contribution in [0, 0.1) is 0 Å². The van der Waals surface area contributed by atoms with Crippen LogP contribution in [0.1, 0.15) is 12.8 Å². The molecular formula is C13H20N2O2S. The zero-order valence-corrected chi connectivity index (χ0v) is 11.5. The molecule has 0 aliphatic heterocycles. The highest BCUT2D eigenvalue weighted by atomic mass is 32.2. The van der Waals surface area contributed by atoms with Gasteiger partial charge in [0, 0.05) is 25.9 Å². The number of nitrogen functional groups attached to an aromatic ring is 1. The molecule has 1 amide bonds. The number of methoxy groups -OCH3 is 1. The fourth-order valence-corrected chi connectivity index (χ4v) is 2.25. The Bertz CT molecular complexity index is 372. The zero-order chi connectivity index (χ0) is 13.2. The van der Waals surface area contributed by atoms with Crippen molar-refractivity contribution in [2.75, 3.05) is 36.3 Å². The molecule has 1 aromatic rings. The van der Waals surface area contributed by atoms with Crippen LogP contribution in [0.25, 0.3) is 0 Å². The summed E-state index contributed by atoms with van der Waals surface area (Å²) in [5.41, 5.74) is 7.03. The van der Waals surface area contributed by atoms with E-state index >= 15 is 0 Å². The number of nitrogens with two attached hydrogens (primary N) is 1. The molecule has 0 radical (unpaired) electrons. The molecule has 0 aliphatic carbocycles. The Kier molecular flexibility index (Phi) is 7.29. The molecule has 0 fully saturated rings. The summed E-state index contributed by atoms with van der Waals surface area (Å²) in [6.07, 6.45) is 1.53. The molecule has 0 heterocycles. The van der Waals surface area contributed by atoms with Crippen LogP contribution in [0.5, 0.6) is 0 Å². The van der Waals surface area contributed by atoms with Crippen LogP contribution < -0.4 is 11.1 Å². The van der Waals surface area contributed by atoms with Crippen molar-refractivity contribution in [2.45, 2.75) is 12.8 Å². The van der Waals surface area contributed by atoms with Gasteiger partial charge in [0.15, 0.2) is 0 Å². The number of amides is 1. The summed E-state index contributed by atoms with van der Waals surface area (Å²) < 4.78 is 4.96. The minimum Gasteiger partial charge on any atom is -0.397 e. The van der Waals surface area contributed by atoms with Crippen molar-refractivity contribution in [1.29, 1.82) is 0 Å². The van der Waals surface area contributed by atoms with Gasteiger partial charge in [0.1, 0.15) is 0 Å². The first-order valence-corrected chi connectivity index (χ1v) is 7.10. The average Bonchev–Trinajstić information content (AvgIpc) is 2.36. The molecule has 0 bridgehead atoms. The smallest absolute Gasteiger partial charge is 0.225 e. The minimum absolute atomic E-state index is 0.00661. The van der Waals surface area contributed by atoms with Crippen molar-refractivity contribution < 1.29 is 9.53 Å². The summed E-state index contributed by atoms with van der Waals surface area (Å²) in [5, 5.41) is 2.81. The molecule has 0 saturated carbocycles. The molecule has 5 heteroatoms. The second-order valence-corrected chi connectivity index (χ2v) is 5.07. The SMILES string of the molecule is COCCCSCCC(=O)Nc1ccccc1N. The van der Waals surface area contributed by atoms with Gasteiger partial charge in [0.25, 0.3) is 0 Å². The van der Waals surface area contributed by atoms with Gasteiger partial charge in [-0.05, 0) is 24.3 Å². The molecule has 100 valence electrons. The maximum Gasteiger partial charge on any atom is 0.225 e. The predicted octanol–water partition coefficient (Wildman–Crippen LogP) is 2.37. The van der Waals surface area contributed by atoms with E-state index in [2.05, 4.69) is 5.32 Å². The second kappa shape index (κ2) is 8.83. The van der Waals surface area contributed by atoms with Crippen molar-refractivity contribution in [3.8, 4) is 0 Å². The third-order valence-corrected chi connectivity index (χ3v) is 3.42. The van der Waals surface area contributed by atoms with Crippen molar-refractivity contribution in [3.05, 3.63) is 24.3 Å². The first-order chi connectivity index (χ1) is 8.74. The molecule has 3 N–H and O–H groups in total. The lowest BCUT2D eigenvalue weighted by atomic mass is 10.2. The van der Waals surface area contributed by atoms with Gasteiger partial charge in [-0.15, -0.1) is 0 Å². The Labute approximate surface area is 112 Å². The molecule has 0 saturated heterocycles. The molecule has 1 rings (SSSR count). The lowest BCUT2D eigenvalue weighted by molar-refractivity contribution is -0.115. The van der Waals surface area contributed by atoms with E-state index < -0.39 is 0 Å². The van der Waals surface area contributed by atoms with E-state index in [1.54, 1.807) is 31.0 Å². The van der Waals surface area contributed by atoms with E-state index in [1.165, 1.54) is 0 Å². The van der Waals surface area contributed by atoms with Crippen LogP contribution in [0.3, 0.4) is 0 Å². The monoisotopic (exact) mass is 268 g/mol. The summed E-state index contributed by atoms with van der Waals surface area (Å²) in [6.45, 7) is 0.778. The standard InChI is InChI=1S/C13H20N2O2S/c1-17-8-4-9-18-10-7-13(16)15-12-6-3-2-5-11(12)14/h2-3,5-6H,4,7-10,14H2,1H3,(H,15,16). The number of hydrogen-bond donors (Lipinski definition) is 2. The summed E-state index contributed by atoms with van der Waals surface area (Å²) >= 11 is 1.76. The van der Waals surface area contributed by atoms with E-state index in [0.29, 0.717) is 17.8 Å². The minimum atomic E-state index is 0.00661. The quantitative estimate of drug-likeness (QED) is 0.561. The molecule has 0 aliphatic rings. The molecule has 0 spiro atoms. The normalized spacial score (nSPS) is 10.3. The first-order valence-electron chi connectivity index (χ1n) is 5.95. The molecule has 4 nitrogen and oxygen atoms in total. The van der Waals surface area contributed by atoms with Crippen LogP contribution in [-0.4, -0.2) is 31.1 Å². The number of thioether (sulfide) groups is 1. The average molecular weight is 268 g/mol. The van der Waals surface area contributed by atoms with Crippen LogP contribution in [0.2, 0.25) is 0 Å². The summed E-state index contributed by atoms with van der Waals surface area (Å²) in [5.74, 6) is 1.85. The third-order valence-electron chi connectivity index (χ3n) is 2.35. The number of nitrogens with one attached hydrogen (secondary N) is 1. The van der Waals surface area contributed by atoms with Crippen LogP contribution in [0.4, 0.5) is 11.4 Å². The number of hydrogen-bond acceptors (Lipinski definition) is 4. The van der Waals surface area contributed by atoms with Gasteiger partial charge in [-0.3, -0.25) is 4.79 Å². The Morgan fingerprint density at radius 1 is 1.39 bits per heavy atom. The molecule has 0 unspecified atom stereocenters. The maximum absolute atomic E-state index is 11.6. The highest BCUT2D eigenvalue weighted by Crippen LogP contribution is 2.17. The number of carbonyl (C=O) groups is 1. The van der Waals surface area contributed by atoms with E-state index in [1.807, 2.05) is 12.1 Å². The third kappa shape index (κ3) is 5.93. The Hall–Kier alpha value is -1.20. The highest BCUT2D eigenvalue weighted by Gasteiger charge is 2.04. The number of anilines is 2. The van der Waals surface area contributed by atoms with E-state index in [-0.39, 0.29) is 5.91 Å². The zero-order valence-electron chi connectivity index (χ0n) is 10.6. The van der Waals surface area contributed by atoms with Gasteiger partial charge in [-0.1, -0.05) is 12.1 Å². The maximum atomic E-state index is 11.6. The molecular weight excluding hydrogens is 248 g/mol. The molecule has 0 aromatic heterocycles. The summed E-state index contributed by atoms with van der Waals surface area (Å²) in [4.78, 5) is 11.6. The Balaban J connectivity index is 2.16. The molecule has 1 aromatic carbocycles. The number of para-hydroxylation sites is 2. The number of benzene rings is 1. The lowest BCUT2D eigenvalue weighted by Crippen LogP contribution is -2.13. The lowest BCUT2D eigenvalue weighted by Gasteiger charge is -2.07. The topological polar surface area (TPSA) is 64.3 Å². The second-order valence-electron chi connectivity index (χ2n) is 3.84.